The third-order valence-electron chi connectivity index (χ3n) is 7.21. The molecule has 0 saturated heterocycles. The first kappa shape index (κ1) is 21.0. The van der Waals surface area contributed by atoms with Crippen LogP contribution in [0.3, 0.4) is 0 Å². The van der Waals surface area contributed by atoms with Crippen LogP contribution in [0.2, 0.25) is 0 Å². The molecule has 1 amide bonds. The normalized spacial score (nSPS) is 19.1. The maximum Gasteiger partial charge on any atom is 0.243 e. The highest BCUT2D eigenvalue weighted by Crippen LogP contribution is 2.38. The van der Waals surface area contributed by atoms with Crippen LogP contribution in [0.25, 0.3) is 22.6 Å². The van der Waals surface area contributed by atoms with Crippen LogP contribution in [0.1, 0.15) is 70.3 Å². The lowest BCUT2D eigenvalue weighted by Gasteiger charge is -2.33. The number of nitrogens with zero attached hydrogens (tertiary/aromatic N) is 3. The van der Waals surface area contributed by atoms with E-state index in [0.717, 1.165) is 48.2 Å². The van der Waals surface area contributed by atoms with E-state index in [4.69, 9.17) is 10.7 Å². The van der Waals surface area contributed by atoms with Crippen molar-refractivity contribution in [1.82, 2.24) is 19.9 Å². The predicted molar refractivity (Wildman–Crippen MR) is 128 cm³/mol. The van der Waals surface area contributed by atoms with Gasteiger partial charge in [0.15, 0.2) is 5.82 Å². The number of para-hydroxylation sites is 2. The number of hydrogen-bond donors (Lipinski definition) is 2. The number of aromatic nitrogens is 3. The van der Waals surface area contributed by atoms with Gasteiger partial charge in [0.05, 0.1) is 22.9 Å². The number of nitrogens with two attached hydrogens (primary N) is 1. The van der Waals surface area contributed by atoms with E-state index in [9.17, 15) is 4.79 Å². The van der Waals surface area contributed by atoms with Crippen molar-refractivity contribution in [3.63, 3.8) is 0 Å². The fraction of sp³-hybridized carbons (Fsp3) is 0.500. The molecule has 6 nitrogen and oxygen atoms in total. The summed E-state index contributed by atoms with van der Waals surface area (Å²) in [7, 11) is 0. The van der Waals surface area contributed by atoms with Crippen LogP contribution in [0.4, 0.5) is 5.69 Å². The zero-order valence-electron chi connectivity index (χ0n) is 18.7. The number of imidazole rings is 1. The van der Waals surface area contributed by atoms with Crippen LogP contribution < -0.4 is 11.1 Å². The van der Waals surface area contributed by atoms with Crippen molar-refractivity contribution in [3.05, 3.63) is 42.6 Å². The highest BCUT2D eigenvalue weighted by atomic mass is 16.2. The monoisotopic (exact) mass is 431 g/mol. The number of fused-ring (bicyclic) bond motifs is 1. The lowest BCUT2D eigenvalue weighted by Crippen LogP contribution is -2.43. The largest absolute Gasteiger partial charge is 0.397 e. The molecule has 1 aromatic carbocycles. The van der Waals surface area contributed by atoms with Crippen LogP contribution in [-0.2, 0) is 4.79 Å². The van der Waals surface area contributed by atoms with E-state index >= 15 is 0 Å². The van der Waals surface area contributed by atoms with Gasteiger partial charge in [0, 0.05) is 6.04 Å². The van der Waals surface area contributed by atoms with Gasteiger partial charge >= 0.3 is 0 Å². The zero-order chi connectivity index (χ0) is 21.9. The summed E-state index contributed by atoms with van der Waals surface area (Å²) < 4.78 is 2.17. The molecule has 168 valence electrons. The highest BCUT2D eigenvalue weighted by molar-refractivity contribution is 5.87. The van der Waals surface area contributed by atoms with Crippen molar-refractivity contribution in [3.8, 4) is 11.5 Å². The van der Waals surface area contributed by atoms with Crippen LogP contribution >= 0.6 is 0 Å². The van der Waals surface area contributed by atoms with Crippen molar-refractivity contribution < 1.29 is 4.79 Å². The van der Waals surface area contributed by atoms with Crippen LogP contribution in [0.5, 0.6) is 0 Å². The lowest BCUT2D eigenvalue weighted by molar-refractivity contribution is -0.127. The Hall–Kier alpha value is -2.89. The molecule has 32 heavy (non-hydrogen) atoms. The average Bonchev–Trinajstić information content (AvgIpc) is 3.20. The van der Waals surface area contributed by atoms with E-state index in [-0.39, 0.29) is 18.0 Å². The Morgan fingerprint density at radius 2 is 1.69 bits per heavy atom. The number of rotatable bonds is 5. The van der Waals surface area contributed by atoms with Crippen molar-refractivity contribution in [2.45, 2.75) is 76.3 Å². The molecule has 0 spiro atoms. The SMILES string of the molecule is Nc1ccc(-c2nc3ccccc3n2C(C(=O)NC2CCCCC2)C2CCCCC2)nc1. The van der Waals surface area contributed by atoms with Crippen LogP contribution in [0.15, 0.2) is 42.6 Å². The molecule has 2 aromatic heterocycles. The minimum Gasteiger partial charge on any atom is -0.397 e. The first-order valence-corrected chi connectivity index (χ1v) is 12.2. The Labute approximate surface area is 189 Å². The third kappa shape index (κ3) is 4.23. The second kappa shape index (κ2) is 9.31. The fourth-order valence-electron chi connectivity index (χ4n) is 5.57. The van der Waals surface area contributed by atoms with Gasteiger partial charge in [0.1, 0.15) is 11.7 Å². The summed E-state index contributed by atoms with van der Waals surface area (Å²) in [6.45, 7) is 0. The van der Waals surface area contributed by atoms with Gasteiger partial charge in [-0.15, -0.1) is 0 Å². The molecule has 1 atom stereocenters. The van der Waals surface area contributed by atoms with E-state index in [1.54, 1.807) is 6.20 Å². The molecule has 0 radical (unpaired) electrons. The number of anilines is 1. The number of pyridine rings is 1. The molecule has 2 aliphatic rings. The van der Waals surface area contributed by atoms with Crippen molar-refractivity contribution in [2.75, 3.05) is 5.73 Å². The maximum atomic E-state index is 13.9. The smallest absolute Gasteiger partial charge is 0.243 e. The van der Waals surface area contributed by atoms with E-state index in [0.29, 0.717) is 11.6 Å². The van der Waals surface area contributed by atoms with Crippen molar-refractivity contribution in [1.29, 1.82) is 0 Å². The maximum absolute atomic E-state index is 13.9. The molecule has 5 rings (SSSR count). The van der Waals surface area contributed by atoms with Gasteiger partial charge in [0.25, 0.3) is 0 Å². The Morgan fingerprint density at radius 3 is 2.41 bits per heavy atom. The number of nitrogen functional groups attached to an aromatic ring is 1. The summed E-state index contributed by atoms with van der Waals surface area (Å²) >= 11 is 0. The Kier molecular flexibility index (Phi) is 6.10. The average molecular weight is 432 g/mol. The summed E-state index contributed by atoms with van der Waals surface area (Å²) in [6, 6.07) is 11.9. The number of amides is 1. The second-order valence-electron chi connectivity index (χ2n) is 9.46. The quantitative estimate of drug-likeness (QED) is 0.578. The Morgan fingerprint density at radius 1 is 0.969 bits per heavy atom. The standard InChI is InChI=1S/C26H33N5O/c27-19-15-16-22(28-17-19)25-30-21-13-7-8-14-23(21)31(25)24(18-9-3-1-4-10-18)26(32)29-20-11-5-2-6-12-20/h7-8,13-18,20,24H,1-6,9-12,27H2,(H,29,32). The van der Waals surface area contributed by atoms with E-state index < -0.39 is 0 Å². The molecule has 3 aromatic rings. The molecule has 0 bridgehead atoms. The Bertz CT molecular complexity index is 1060. The summed E-state index contributed by atoms with van der Waals surface area (Å²) in [6.07, 6.45) is 13.3. The molecule has 2 aliphatic carbocycles. The number of carbonyl (C=O) groups is 1. The number of carbonyl (C=O) groups excluding carboxylic acids is 1. The molecule has 6 heteroatoms. The zero-order valence-corrected chi connectivity index (χ0v) is 18.7. The highest BCUT2D eigenvalue weighted by Gasteiger charge is 2.35. The molecular formula is C26H33N5O. The van der Waals surface area contributed by atoms with Gasteiger partial charge in [-0.25, -0.2) is 4.98 Å². The van der Waals surface area contributed by atoms with Crippen molar-refractivity contribution >= 4 is 22.6 Å². The molecule has 1 unspecified atom stereocenters. The second-order valence-corrected chi connectivity index (χ2v) is 9.46. The van der Waals surface area contributed by atoms with Gasteiger partial charge in [-0.3, -0.25) is 9.78 Å². The summed E-state index contributed by atoms with van der Waals surface area (Å²) in [5.41, 5.74) is 9.16. The van der Waals surface area contributed by atoms with Crippen LogP contribution in [-0.4, -0.2) is 26.5 Å². The lowest BCUT2D eigenvalue weighted by atomic mass is 9.82. The third-order valence-corrected chi connectivity index (χ3v) is 7.21. The number of nitrogens with one attached hydrogen (secondary N) is 1. The van der Waals surface area contributed by atoms with E-state index in [1.807, 2.05) is 30.3 Å². The van der Waals surface area contributed by atoms with Gasteiger partial charge in [0.2, 0.25) is 5.91 Å². The van der Waals surface area contributed by atoms with E-state index in [2.05, 4.69) is 20.9 Å². The fourth-order valence-corrected chi connectivity index (χ4v) is 5.57. The number of hydrogen-bond acceptors (Lipinski definition) is 4. The first-order valence-electron chi connectivity index (χ1n) is 12.2. The summed E-state index contributed by atoms with van der Waals surface area (Å²) in [4.78, 5) is 23.4. The van der Waals surface area contributed by atoms with Gasteiger partial charge < -0.3 is 15.6 Å². The minimum absolute atomic E-state index is 0.142. The van der Waals surface area contributed by atoms with Gasteiger partial charge in [-0.05, 0) is 55.9 Å². The van der Waals surface area contributed by atoms with Crippen molar-refractivity contribution in [2.24, 2.45) is 5.92 Å². The minimum atomic E-state index is -0.279. The topological polar surface area (TPSA) is 85.8 Å². The summed E-state index contributed by atoms with van der Waals surface area (Å²) in [5.74, 6) is 1.20. The van der Waals surface area contributed by atoms with E-state index in [1.165, 1.54) is 38.5 Å². The predicted octanol–water partition coefficient (Wildman–Crippen LogP) is 5.25. The molecule has 0 aliphatic heterocycles. The van der Waals surface area contributed by atoms with Gasteiger partial charge in [-0.2, -0.15) is 0 Å². The number of benzene rings is 1. The van der Waals surface area contributed by atoms with Crippen LogP contribution in [0, 0.1) is 5.92 Å². The van der Waals surface area contributed by atoms with Gasteiger partial charge in [-0.1, -0.05) is 50.7 Å². The molecular weight excluding hydrogens is 398 g/mol. The molecule has 2 fully saturated rings. The molecule has 2 saturated carbocycles. The summed E-state index contributed by atoms with van der Waals surface area (Å²) in [5, 5.41) is 3.43. The molecule has 3 N–H and O–H groups in total. The Balaban J connectivity index is 1.60. The molecule has 2 heterocycles. The first-order chi connectivity index (χ1) is 15.7.